The molecule has 0 aliphatic carbocycles. The largest absolute Gasteiger partial charge is 0.507 e. The van der Waals surface area contributed by atoms with Crippen LogP contribution >= 0.6 is 0 Å². The molecule has 0 fully saturated rings. The number of carboxylic acid groups (broad SMARTS) is 1. The van der Waals surface area contributed by atoms with Crippen LogP contribution in [-0.4, -0.2) is 53.2 Å². The molecule has 0 aromatic heterocycles. The number of carboxylic acids is 1. The minimum Gasteiger partial charge on any atom is -0.507 e. The number of hydrogen-bond donors (Lipinski definition) is 4. The summed E-state index contributed by atoms with van der Waals surface area (Å²) in [5.74, 6) is -2.00. The number of anilines is 1. The van der Waals surface area contributed by atoms with E-state index in [4.69, 9.17) is 5.11 Å². The second-order valence-electron chi connectivity index (χ2n) is 4.28. The molecule has 0 radical (unpaired) electrons. The molecule has 4 N–H and O–H groups in total. The molecule has 0 saturated carbocycles. The molecule has 0 bridgehead atoms. The van der Waals surface area contributed by atoms with Crippen molar-refractivity contribution in [2.24, 2.45) is 0 Å². The molecule has 1 aromatic rings. The summed E-state index contributed by atoms with van der Waals surface area (Å²) in [6.45, 7) is 2.11. The maximum absolute atomic E-state index is 11.8. The Balaban J connectivity index is 2.72. The van der Waals surface area contributed by atoms with Crippen LogP contribution < -0.4 is 10.6 Å². The van der Waals surface area contributed by atoms with Gasteiger partial charge in [-0.2, -0.15) is 0 Å². The Morgan fingerprint density at radius 3 is 2.52 bits per heavy atom. The number of nitrogens with zero attached hydrogens (tertiary/aromatic N) is 1. The number of rotatable bonds is 5. The summed E-state index contributed by atoms with van der Waals surface area (Å²) < 4.78 is 0. The fraction of sp³-hybridized carbons (Fsp3) is 0.308. The molecule has 1 rings (SSSR count). The van der Waals surface area contributed by atoms with E-state index in [0.717, 1.165) is 11.0 Å². The number of hydrogen-bond acceptors (Lipinski definition) is 4. The van der Waals surface area contributed by atoms with Gasteiger partial charge in [0.2, 0.25) is 5.91 Å². The summed E-state index contributed by atoms with van der Waals surface area (Å²) in [6, 6.07) is 3.10. The van der Waals surface area contributed by atoms with E-state index >= 15 is 0 Å². The van der Waals surface area contributed by atoms with Crippen molar-refractivity contribution in [1.29, 1.82) is 0 Å². The lowest BCUT2D eigenvalue weighted by atomic mass is 10.2. The number of aromatic hydroxyl groups is 1. The number of phenols is 1. The van der Waals surface area contributed by atoms with Gasteiger partial charge in [0.15, 0.2) is 0 Å². The number of likely N-dealkylation sites (N-methyl/N-ethyl adjacent to an activating group) is 2. The number of urea groups is 1. The maximum atomic E-state index is 11.8. The van der Waals surface area contributed by atoms with Crippen molar-refractivity contribution in [2.45, 2.75) is 6.92 Å². The molecule has 0 spiro atoms. The van der Waals surface area contributed by atoms with Crippen LogP contribution in [0.3, 0.4) is 0 Å². The molecule has 0 unspecified atom stereocenters. The number of amides is 3. The van der Waals surface area contributed by atoms with Gasteiger partial charge >= 0.3 is 12.0 Å². The van der Waals surface area contributed by atoms with Crippen LogP contribution in [0.2, 0.25) is 0 Å². The van der Waals surface area contributed by atoms with E-state index in [-0.39, 0.29) is 23.7 Å². The summed E-state index contributed by atoms with van der Waals surface area (Å²) >= 11 is 0. The summed E-state index contributed by atoms with van der Waals surface area (Å²) in [5, 5.41) is 23.2. The van der Waals surface area contributed by atoms with E-state index in [2.05, 4.69) is 10.6 Å². The van der Waals surface area contributed by atoms with Crippen LogP contribution in [0.4, 0.5) is 10.5 Å². The van der Waals surface area contributed by atoms with Gasteiger partial charge in [0.05, 0.1) is 0 Å². The van der Waals surface area contributed by atoms with Crippen molar-refractivity contribution < 1.29 is 24.6 Å². The molecule has 1 aromatic carbocycles. The zero-order valence-corrected chi connectivity index (χ0v) is 11.7. The molecule has 3 amide bonds. The third kappa shape index (κ3) is 4.68. The summed E-state index contributed by atoms with van der Waals surface area (Å²) in [4.78, 5) is 35.2. The van der Waals surface area contributed by atoms with E-state index in [0.29, 0.717) is 6.54 Å². The highest BCUT2D eigenvalue weighted by Gasteiger charge is 2.15. The second-order valence-corrected chi connectivity index (χ2v) is 4.28. The van der Waals surface area contributed by atoms with Gasteiger partial charge in [-0.1, -0.05) is 0 Å². The van der Waals surface area contributed by atoms with Crippen LogP contribution in [0.5, 0.6) is 5.75 Å². The minimum atomic E-state index is -1.31. The highest BCUT2D eigenvalue weighted by molar-refractivity contribution is 5.96. The molecule has 0 saturated heterocycles. The van der Waals surface area contributed by atoms with Gasteiger partial charge in [-0.25, -0.2) is 9.59 Å². The Hall–Kier alpha value is -2.77. The van der Waals surface area contributed by atoms with E-state index < -0.39 is 17.7 Å². The van der Waals surface area contributed by atoms with Crippen molar-refractivity contribution in [2.75, 3.05) is 25.5 Å². The summed E-state index contributed by atoms with van der Waals surface area (Å²) in [5.41, 5.74) is -0.114. The average molecular weight is 295 g/mol. The Morgan fingerprint density at radius 1 is 1.29 bits per heavy atom. The molecule has 21 heavy (non-hydrogen) atoms. The SMILES string of the molecule is CCNC(=O)CN(C)C(=O)Nc1ccc(O)c(C(=O)O)c1. The molecular formula is C13H17N3O5. The topological polar surface area (TPSA) is 119 Å². The van der Waals surface area contributed by atoms with Crippen molar-refractivity contribution >= 4 is 23.6 Å². The van der Waals surface area contributed by atoms with Gasteiger partial charge in [0.1, 0.15) is 17.9 Å². The van der Waals surface area contributed by atoms with Gasteiger partial charge in [-0.05, 0) is 25.1 Å². The Morgan fingerprint density at radius 2 is 1.95 bits per heavy atom. The molecule has 0 aliphatic heterocycles. The first-order chi connectivity index (χ1) is 9.85. The van der Waals surface area contributed by atoms with Gasteiger partial charge in [-0.15, -0.1) is 0 Å². The molecule has 8 nitrogen and oxygen atoms in total. The minimum absolute atomic E-state index is 0.121. The zero-order chi connectivity index (χ0) is 16.0. The zero-order valence-electron chi connectivity index (χ0n) is 11.7. The van der Waals surface area contributed by atoms with Crippen LogP contribution in [0.15, 0.2) is 18.2 Å². The van der Waals surface area contributed by atoms with Crippen LogP contribution in [0.25, 0.3) is 0 Å². The van der Waals surface area contributed by atoms with Crippen molar-refractivity contribution in [3.05, 3.63) is 23.8 Å². The molecule has 8 heteroatoms. The first kappa shape index (κ1) is 16.3. The highest BCUT2D eigenvalue weighted by atomic mass is 16.4. The molecule has 0 aliphatic rings. The molecule has 0 heterocycles. The Kier molecular flexibility index (Phi) is 5.53. The van der Waals surface area contributed by atoms with E-state index in [1.807, 2.05) is 0 Å². The average Bonchev–Trinajstić information content (AvgIpc) is 2.40. The maximum Gasteiger partial charge on any atom is 0.339 e. The van der Waals surface area contributed by atoms with Gasteiger partial charge in [-0.3, -0.25) is 4.79 Å². The van der Waals surface area contributed by atoms with E-state index in [1.165, 1.54) is 19.2 Å². The third-order valence-electron chi connectivity index (χ3n) is 2.58. The lowest BCUT2D eigenvalue weighted by molar-refractivity contribution is -0.121. The fourth-order valence-electron chi connectivity index (χ4n) is 1.54. The summed E-state index contributed by atoms with van der Waals surface area (Å²) in [7, 11) is 1.43. The third-order valence-corrected chi connectivity index (χ3v) is 2.58. The molecule has 114 valence electrons. The van der Waals surface area contributed by atoms with Gasteiger partial charge < -0.3 is 25.7 Å². The number of aromatic carboxylic acids is 1. The van der Waals surface area contributed by atoms with Crippen LogP contribution in [0, 0.1) is 0 Å². The van der Waals surface area contributed by atoms with Crippen LogP contribution in [-0.2, 0) is 4.79 Å². The highest BCUT2D eigenvalue weighted by Crippen LogP contribution is 2.21. The van der Waals surface area contributed by atoms with E-state index in [1.54, 1.807) is 6.92 Å². The molecule has 0 atom stereocenters. The van der Waals surface area contributed by atoms with Crippen molar-refractivity contribution in [1.82, 2.24) is 10.2 Å². The quantitative estimate of drug-likeness (QED) is 0.596. The second kappa shape index (κ2) is 7.13. The lowest BCUT2D eigenvalue weighted by Gasteiger charge is -2.17. The normalized spacial score (nSPS) is 9.81. The Labute approximate surface area is 121 Å². The number of carbonyl (C=O) groups excluding carboxylic acids is 2. The van der Waals surface area contributed by atoms with Gasteiger partial charge in [0.25, 0.3) is 0 Å². The molecular weight excluding hydrogens is 278 g/mol. The monoisotopic (exact) mass is 295 g/mol. The predicted molar refractivity (Wildman–Crippen MR) is 75.4 cm³/mol. The number of carbonyl (C=O) groups is 3. The summed E-state index contributed by atoms with van der Waals surface area (Å²) in [6.07, 6.45) is 0. The smallest absolute Gasteiger partial charge is 0.339 e. The predicted octanol–water partition coefficient (Wildman–Crippen LogP) is 0.690. The van der Waals surface area contributed by atoms with E-state index in [9.17, 15) is 19.5 Å². The van der Waals surface area contributed by atoms with Crippen LogP contribution in [0.1, 0.15) is 17.3 Å². The van der Waals surface area contributed by atoms with Crippen molar-refractivity contribution in [3.63, 3.8) is 0 Å². The Bertz CT molecular complexity index is 559. The first-order valence-electron chi connectivity index (χ1n) is 6.20. The van der Waals surface area contributed by atoms with Crippen molar-refractivity contribution in [3.8, 4) is 5.75 Å². The standard InChI is InChI=1S/C13H17N3O5/c1-3-14-11(18)7-16(2)13(21)15-8-4-5-10(17)9(6-8)12(19)20/h4-6,17H,3,7H2,1-2H3,(H,14,18)(H,15,21)(H,19,20). The van der Waals surface area contributed by atoms with Gasteiger partial charge in [0, 0.05) is 19.3 Å². The number of nitrogens with one attached hydrogen (secondary N) is 2. The lowest BCUT2D eigenvalue weighted by Crippen LogP contribution is -2.40. The fourth-order valence-corrected chi connectivity index (χ4v) is 1.54. The first-order valence-corrected chi connectivity index (χ1v) is 6.20. The number of benzene rings is 1.